The molecule has 0 aliphatic carbocycles. The lowest BCUT2D eigenvalue weighted by Gasteiger charge is -2.36. The minimum absolute atomic E-state index is 0.267. The number of aromatic nitrogens is 3. The quantitative estimate of drug-likeness (QED) is 0.609. The highest BCUT2D eigenvalue weighted by atomic mass is 16.5. The third-order valence-electron chi connectivity index (χ3n) is 4.81. The second-order valence-corrected chi connectivity index (χ2v) is 6.77. The summed E-state index contributed by atoms with van der Waals surface area (Å²) in [4.78, 5) is 15.4. The molecule has 156 valence electrons. The van der Waals surface area contributed by atoms with Gasteiger partial charge in [-0.1, -0.05) is 0 Å². The minimum atomic E-state index is -0.267. The summed E-state index contributed by atoms with van der Waals surface area (Å²) in [6, 6.07) is 9.28. The van der Waals surface area contributed by atoms with Crippen LogP contribution in [0.2, 0.25) is 0 Å². The predicted octanol–water partition coefficient (Wildman–Crippen LogP) is 2.49. The second kappa shape index (κ2) is 8.42. The highest BCUT2D eigenvalue weighted by Gasteiger charge is 2.25. The summed E-state index contributed by atoms with van der Waals surface area (Å²) in [5, 5.41) is 12.6. The van der Waals surface area contributed by atoms with Crippen LogP contribution in [-0.4, -0.2) is 60.6 Å². The van der Waals surface area contributed by atoms with Crippen LogP contribution in [0.4, 0.5) is 17.5 Å². The van der Waals surface area contributed by atoms with Gasteiger partial charge in [-0.3, -0.25) is 0 Å². The van der Waals surface area contributed by atoms with Crippen molar-refractivity contribution in [3.8, 4) is 28.5 Å². The van der Waals surface area contributed by atoms with Crippen LogP contribution in [0.3, 0.4) is 0 Å². The van der Waals surface area contributed by atoms with E-state index in [0.717, 1.165) is 17.1 Å². The molecule has 1 aliphatic heterocycles. The van der Waals surface area contributed by atoms with Gasteiger partial charge in [0.25, 0.3) is 0 Å². The zero-order chi connectivity index (χ0) is 21.1. The first-order chi connectivity index (χ1) is 14.6. The summed E-state index contributed by atoms with van der Waals surface area (Å²) in [6.07, 6.45) is 3.19. The normalized spacial score (nSPS) is 13.5. The van der Waals surface area contributed by atoms with E-state index in [9.17, 15) is 5.11 Å². The predicted molar refractivity (Wildman–Crippen MR) is 113 cm³/mol. The second-order valence-electron chi connectivity index (χ2n) is 6.77. The monoisotopic (exact) mass is 409 g/mol. The minimum Gasteiger partial charge on any atom is -0.493 e. The molecule has 9 nitrogen and oxygen atoms in total. The molecule has 0 radical (unpaired) electrons. The van der Waals surface area contributed by atoms with Gasteiger partial charge in [-0.25, -0.2) is 15.0 Å². The van der Waals surface area contributed by atoms with Crippen molar-refractivity contribution in [3.63, 3.8) is 0 Å². The molecule has 0 unspecified atom stereocenters. The summed E-state index contributed by atoms with van der Waals surface area (Å²) in [7, 11) is 4.69. The molecule has 0 amide bonds. The van der Waals surface area contributed by atoms with Crippen molar-refractivity contribution in [2.45, 2.75) is 6.10 Å². The van der Waals surface area contributed by atoms with Crippen molar-refractivity contribution >= 4 is 17.5 Å². The summed E-state index contributed by atoms with van der Waals surface area (Å²) >= 11 is 0. The van der Waals surface area contributed by atoms with Gasteiger partial charge in [-0.15, -0.1) is 0 Å². The van der Waals surface area contributed by atoms with Crippen LogP contribution in [0.25, 0.3) is 11.3 Å². The maximum atomic E-state index is 9.44. The van der Waals surface area contributed by atoms with Crippen molar-refractivity contribution < 1.29 is 19.3 Å². The molecule has 1 fully saturated rings. The number of rotatable bonds is 7. The third-order valence-corrected chi connectivity index (χ3v) is 4.81. The van der Waals surface area contributed by atoms with E-state index in [1.165, 1.54) is 0 Å². The van der Waals surface area contributed by atoms with Crippen molar-refractivity contribution in [1.29, 1.82) is 0 Å². The molecule has 0 saturated carbocycles. The number of ether oxygens (including phenoxy) is 3. The van der Waals surface area contributed by atoms with Crippen LogP contribution in [0, 0.1) is 0 Å². The van der Waals surface area contributed by atoms with E-state index in [4.69, 9.17) is 14.2 Å². The average molecular weight is 409 g/mol. The molecular weight excluding hydrogens is 386 g/mol. The maximum absolute atomic E-state index is 9.44. The van der Waals surface area contributed by atoms with E-state index in [2.05, 4.69) is 20.3 Å². The molecule has 9 heteroatoms. The lowest BCUT2D eigenvalue weighted by atomic mass is 10.1. The lowest BCUT2D eigenvalue weighted by molar-refractivity contribution is 0.141. The molecule has 4 rings (SSSR count). The summed E-state index contributed by atoms with van der Waals surface area (Å²) < 4.78 is 16.1. The van der Waals surface area contributed by atoms with Gasteiger partial charge in [-0.2, -0.15) is 0 Å². The molecule has 0 spiro atoms. The van der Waals surface area contributed by atoms with Crippen LogP contribution in [0.5, 0.6) is 17.2 Å². The molecule has 3 heterocycles. The highest BCUT2D eigenvalue weighted by Crippen LogP contribution is 2.40. The SMILES string of the molecule is COc1cc(Nc2nccc(-c3ccc(N4CC(O)C4)nc3)n2)cc(OC)c1OC. The van der Waals surface area contributed by atoms with Crippen LogP contribution in [0.1, 0.15) is 0 Å². The highest BCUT2D eigenvalue weighted by molar-refractivity contribution is 5.67. The van der Waals surface area contributed by atoms with Crippen molar-refractivity contribution in [3.05, 3.63) is 42.7 Å². The van der Waals surface area contributed by atoms with E-state index in [-0.39, 0.29) is 6.10 Å². The van der Waals surface area contributed by atoms with E-state index < -0.39 is 0 Å². The lowest BCUT2D eigenvalue weighted by Crippen LogP contribution is -2.51. The Morgan fingerprint density at radius 1 is 1.00 bits per heavy atom. The largest absolute Gasteiger partial charge is 0.493 e. The fraction of sp³-hybridized carbons (Fsp3) is 0.286. The maximum Gasteiger partial charge on any atom is 0.227 e. The molecular formula is C21H23N5O4. The van der Waals surface area contributed by atoms with Gasteiger partial charge < -0.3 is 29.5 Å². The van der Waals surface area contributed by atoms with Crippen LogP contribution in [0.15, 0.2) is 42.7 Å². The Kier molecular flexibility index (Phi) is 5.53. The van der Waals surface area contributed by atoms with Gasteiger partial charge in [0.05, 0.1) is 33.1 Å². The first kappa shape index (κ1) is 19.7. The number of methoxy groups -OCH3 is 3. The van der Waals surface area contributed by atoms with Gasteiger partial charge in [0, 0.05) is 48.9 Å². The third kappa shape index (κ3) is 3.92. The number of β-amino-alcohol motifs (C(OH)–C–C–N with tert-alkyl or cyclic N) is 1. The Bertz CT molecular complexity index is 997. The van der Waals surface area contributed by atoms with Crippen LogP contribution in [-0.2, 0) is 0 Å². The van der Waals surface area contributed by atoms with Crippen molar-refractivity contribution in [1.82, 2.24) is 15.0 Å². The number of benzene rings is 1. The summed E-state index contributed by atoms with van der Waals surface area (Å²) in [5.41, 5.74) is 2.31. The van der Waals surface area contributed by atoms with Gasteiger partial charge in [0.2, 0.25) is 11.7 Å². The molecule has 0 bridgehead atoms. The van der Waals surface area contributed by atoms with E-state index in [1.54, 1.807) is 45.9 Å². The van der Waals surface area contributed by atoms with E-state index in [0.29, 0.717) is 42.0 Å². The van der Waals surface area contributed by atoms with Crippen LogP contribution >= 0.6 is 0 Å². The zero-order valence-electron chi connectivity index (χ0n) is 17.0. The van der Waals surface area contributed by atoms with Gasteiger partial charge in [-0.05, 0) is 18.2 Å². The molecule has 0 atom stereocenters. The molecule has 1 aliphatic rings. The fourth-order valence-corrected chi connectivity index (χ4v) is 3.23. The summed E-state index contributed by atoms with van der Waals surface area (Å²) in [5.74, 6) is 2.85. The molecule has 2 N–H and O–H groups in total. The molecule has 3 aromatic rings. The van der Waals surface area contributed by atoms with Gasteiger partial charge >= 0.3 is 0 Å². The number of hydrogen-bond donors (Lipinski definition) is 2. The first-order valence-corrected chi connectivity index (χ1v) is 9.40. The Balaban J connectivity index is 1.55. The summed E-state index contributed by atoms with van der Waals surface area (Å²) in [6.45, 7) is 1.23. The Morgan fingerprint density at radius 2 is 1.73 bits per heavy atom. The number of aliphatic hydroxyl groups is 1. The van der Waals surface area contributed by atoms with E-state index in [1.807, 2.05) is 23.1 Å². The Labute approximate surface area is 174 Å². The number of pyridine rings is 1. The number of nitrogens with one attached hydrogen (secondary N) is 1. The van der Waals surface area contributed by atoms with E-state index >= 15 is 0 Å². The number of hydrogen-bond acceptors (Lipinski definition) is 9. The zero-order valence-corrected chi connectivity index (χ0v) is 17.0. The Hall–Kier alpha value is -3.59. The molecule has 2 aromatic heterocycles. The topological polar surface area (TPSA) is 102 Å². The first-order valence-electron chi connectivity index (χ1n) is 9.40. The average Bonchev–Trinajstić information content (AvgIpc) is 2.76. The van der Waals surface area contributed by atoms with Crippen LogP contribution < -0.4 is 24.4 Å². The number of aliphatic hydroxyl groups excluding tert-OH is 1. The Morgan fingerprint density at radius 3 is 2.30 bits per heavy atom. The smallest absolute Gasteiger partial charge is 0.227 e. The van der Waals surface area contributed by atoms with Gasteiger partial charge in [0.15, 0.2) is 11.5 Å². The van der Waals surface area contributed by atoms with Crippen molar-refractivity contribution in [2.75, 3.05) is 44.6 Å². The molecule has 1 saturated heterocycles. The standard InChI is InChI=1S/C21H23N5O4/c1-28-17-8-14(9-18(29-2)20(17)30-3)24-21-22-7-6-16(25-21)13-4-5-19(23-10-13)26-11-15(27)12-26/h4-10,15,27H,11-12H2,1-3H3,(H,22,24,25). The fourth-order valence-electron chi connectivity index (χ4n) is 3.23. The molecule has 30 heavy (non-hydrogen) atoms. The number of nitrogens with zero attached hydrogens (tertiary/aromatic N) is 4. The molecule has 1 aromatic carbocycles. The van der Waals surface area contributed by atoms with Gasteiger partial charge in [0.1, 0.15) is 5.82 Å². The van der Waals surface area contributed by atoms with Crippen molar-refractivity contribution in [2.24, 2.45) is 0 Å². The number of anilines is 3.